The lowest BCUT2D eigenvalue weighted by Crippen LogP contribution is -2.38. The normalized spacial score (nSPS) is 22.0. The van der Waals surface area contributed by atoms with E-state index in [0.29, 0.717) is 0 Å². The number of hydrogen-bond acceptors (Lipinski definition) is 3. The summed E-state index contributed by atoms with van der Waals surface area (Å²) in [4.78, 5) is 9.21. The van der Waals surface area contributed by atoms with E-state index in [1.165, 1.54) is 11.1 Å². The zero-order chi connectivity index (χ0) is 13.3. The van der Waals surface area contributed by atoms with Gasteiger partial charge >= 0.3 is 0 Å². The topological polar surface area (TPSA) is 51.8 Å². The highest BCUT2D eigenvalue weighted by Gasteiger charge is 2.29. The minimum atomic E-state index is -0.304. The summed E-state index contributed by atoms with van der Waals surface area (Å²) in [5.74, 6) is 0.864. The molecule has 0 saturated carbocycles. The van der Waals surface area contributed by atoms with Crippen molar-refractivity contribution in [3.05, 3.63) is 59.2 Å². The molecule has 0 bridgehead atoms. The molecule has 1 aromatic heterocycles. The summed E-state index contributed by atoms with van der Waals surface area (Å²) in [5, 5.41) is 0. The Morgan fingerprint density at radius 1 is 1.26 bits per heavy atom. The van der Waals surface area contributed by atoms with Crippen LogP contribution in [0.2, 0.25) is 0 Å². The highest BCUT2D eigenvalue weighted by Crippen LogP contribution is 2.31. The van der Waals surface area contributed by atoms with E-state index in [-0.39, 0.29) is 5.54 Å². The number of rotatable bonds is 2. The van der Waals surface area contributed by atoms with Gasteiger partial charge in [0.1, 0.15) is 5.82 Å². The zero-order valence-corrected chi connectivity index (χ0v) is 11.3. The van der Waals surface area contributed by atoms with Gasteiger partial charge in [0, 0.05) is 12.6 Å². The molecule has 0 saturated heterocycles. The van der Waals surface area contributed by atoms with E-state index in [1.54, 1.807) is 0 Å². The van der Waals surface area contributed by atoms with Gasteiger partial charge in [0.2, 0.25) is 0 Å². The van der Waals surface area contributed by atoms with Crippen LogP contribution in [0, 0.1) is 0 Å². The van der Waals surface area contributed by atoms with Gasteiger partial charge in [-0.05, 0) is 37.3 Å². The summed E-state index contributed by atoms with van der Waals surface area (Å²) in [6.07, 6.45) is 5.91. The van der Waals surface area contributed by atoms with Crippen molar-refractivity contribution in [2.75, 3.05) is 0 Å². The van der Waals surface area contributed by atoms with Gasteiger partial charge < -0.3 is 5.73 Å². The van der Waals surface area contributed by atoms with Crippen LogP contribution in [0.4, 0.5) is 0 Å². The lowest BCUT2D eigenvalue weighted by atomic mass is 9.83. The summed E-state index contributed by atoms with van der Waals surface area (Å²) >= 11 is 0. The highest BCUT2D eigenvalue weighted by molar-refractivity contribution is 5.29. The van der Waals surface area contributed by atoms with E-state index >= 15 is 0 Å². The van der Waals surface area contributed by atoms with Crippen LogP contribution in [0.1, 0.15) is 42.4 Å². The second-order valence-electron chi connectivity index (χ2n) is 5.59. The molecule has 1 aliphatic carbocycles. The van der Waals surface area contributed by atoms with Crippen molar-refractivity contribution in [1.82, 2.24) is 9.97 Å². The summed E-state index contributed by atoms with van der Waals surface area (Å²) in [7, 11) is 0. The molecular formula is C16H19N3. The third-order valence-corrected chi connectivity index (χ3v) is 3.80. The third-order valence-electron chi connectivity index (χ3n) is 3.80. The van der Waals surface area contributed by atoms with Crippen molar-refractivity contribution >= 4 is 0 Å². The minimum Gasteiger partial charge on any atom is -0.320 e. The molecule has 2 N–H and O–H groups in total. The molecule has 1 unspecified atom stereocenters. The minimum absolute atomic E-state index is 0.304. The molecule has 0 fully saturated rings. The fourth-order valence-corrected chi connectivity index (χ4v) is 2.75. The molecule has 1 aromatic carbocycles. The molecule has 0 radical (unpaired) electrons. The molecule has 19 heavy (non-hydrogen) atoms. The van der Waals surface area contributed by atoms with Gasteiger partial charge in [0.25, 0.3) is 0 Å². The van der Waals surface area contributed by atoms with Gasteiger partial charge in [-0.15, -0.1) is 0 Å². The van der Waals surface area contributed by atoms with Crippen LogP contribution in [0.25, 0.3) is 0 Å². The predicted octanol–water partition coefficient (Wildman–Crippen LogP) is 2.58. The van der Waals surface area contributed by atoms with E-state index in [0.717, 1.165) is 37.2 Å². The maximum atomic E-state index is 6.36. The summed E-state index contributed by atoms with van der Waals surface area (Å²) < 4.78 is 0. The number of fused-ring (bicyclic) bond motifs is 1. The van der Waals surface area contributed by atoms with Crippen molar-refractivity contribution in [2.24, 2.45) is 5.73 Å². The number of nitrogens with zero attached hydrogens (tertiary/aromatic N) is 2. The van der Waals surface area contributed by atoms with Crippen LogP contribution in [0.3, 0.4) is 0 Å². The predicted molar refractivity (Wildman–Crippen MR) is 75.8 cm³/mol. The first-order chi connectivity index (χ1) is 9.15. The van der Waals surface area contributed by atoms with E-state index < -0.39 is 0 Å². The van der Waals surface area contributed by atoms with Gasteiger partial charge in [-0.1, -0.05) is 30.3 Å². The van der Waals surface area contributed by atoms with Gasteiger partial charge in [0.15, 0.2) is 0 Å². The SMILES string of the molecule is CC1(N)CCCc2cnc(Cc3ccccc3)nc21. The Hall–Kier alpha value is -1.74. The average molecular weight is 253 g/mol. The second-order valence-corrected chi connectivity index (χ2v) is 5.59. The molecule has 3 nitrogen and oxygen atoms in total. The molecule has 0 amide bonds. The Labute approximate surface area is 113 Å². The van der Waals surface area contributed by atoms with Crippen molar-refractivity contribution < 1.29 is 0 Å². The molecule has 98 valence electrons. The number of aryl methyl sites for hydroxylation is 1. The molecule has 1 atom stereocenters. The van der Waals surface area contributed by atoms with Gasteiger partial charge in [-0.3, -0.25) is 0 Å². The monoisotopic (exact) mass is 253 g/mol. The second kappa shape index (κ2) is 4.74. The molecular weight excluding hydrogens is 234 g/mol. The maximum absolute atomic E-state index is 6.36. The quantitative estimate of drug-likeness (QED) is 0.895. The van der Waals surface area contributed by atoms with Crippen molar-refractivity contribution in [3.63, 3.8) is 0 Å². The summed E-state index contributed by atoms with van der Waals surface area (Å²) in [5.41, 5.74) is 9.55. The molecule has 0 aliphatic heterocycles. The first-order valence-electron chi connectivity index (χ1n) is 6.83. The van der Waals surface area contributed by atoms with Crippen LogP contribution >= 0.6 is 0 Å². The summed E-state index contributed by atoms with van der Waals surface area (Å²) in [6.45, 7) is 2.07. The van der Waals surface area contributed by atoms with Gasteiger partial charge in [-0.2, -0.15) is 0 Å². The standard InChI is InChI=1S/C16H19N3/c1-16(17)9-5-8-13-11-18-14(19-15(13)16)10-12-6-3-2-4-7-12/h2-4,6-7,11H,5,8-10,17H2,1H3. The van der Waals surface area contributed by atoms with E-state index in [4.69, 9.17) is 10.7 Å². The lowest BCUT2D eigenvalue weighted by Gasteiger charge is -2.30. The molecule has 0 spiro atoms. The molecule has 3 rings (SSSR count). The molecule has 1 aliphatic rings. The van der Waals surface area contributed by atoms with Crippen LogP contribution in [0.5, 0.6) is 0 Å². The summed E-state index contributed by atoms with van der Waals surface area (Å²) in [6, 6.07) is 10.3. The number of hydrogen-bond donors (Lipinski definition) is 1. The van der Waals surface area contributed by atoms with Crippen molar-refractivity contribution in [2.45, 2.75) is 38.1 Å². The Bertz CT molecular complexity index is 576. The number of aromatic nitrogens is 2. The van der Waals surface area contributed by atoms with Crippen LogP contribution < -0.4 is 5.73 Å². The van der Waals surface area contributed by atoms with E-state index in [9.17, 15) is 0 Å². The molecule has 1 heterocycles. The Balaban J connectivity index is 1.93. The Kier molecular flexibility index (Phi) is 3.07. The van der Waals surface area contributed by atoms with Crippen molar-refractivity contribution in [3.8, 4) is 0 Å². The number of nitrogens with two attached hydrogens (primary N) is 1. The first-order valence-corrected chi connectivity index (χ1v) is 6.83. The number of benzene rings is 1. The van der Waals surface area contributed by atoms with E-state index in [1.807, 2.05) is 24.4 Å². The Morgan fingerprint density at radius 3 is 2.84 bits per heavy atom. The van der Waals surface area contributed by atoms with Gasteiger partial charge in [0.05, 0.1) is 11.2 Å². The van der Waals surface area contributed by atoms with Gasteiger partial charge in [-0.25, -0.2) is 9.97 Å². The average Bonchev–Trinajstić information content (AvgIpc) is 2.40. The van der Waals surface area contributed by atoms with E-state index in [2.05, 4.69) is 24.0 Å². The fourth-order valence-electron chi connectivity index (χ4n) is 2.75. The third kappa shape index (κ3) is 2.51. The smallest absolute Gasteiger partial charge is 0.133 e. The van der Waals surface area contributed by atoms with Crippen LogP contribution in [-0.4, -0.2) is 9.97 Å². The molecule has 2 aromatic rings. The maximum Gasteiger partial charge on any atom is 0.133 e. The van der Waals surface area contributed by atoms with Crippen LogP contribution in [0.15, 0.2) is 36.5 Å². The zero-order valence-electron chi connectivity index (χ0n) is 11.3. The lowest BCUT2D eigenvalue weighted by molar-refractivity contribution is 0.393. The van der Waals surface area contributed by atoms with Crippen molar-refractivity contribution in [1.29, 1.82) is 0 Å². The van der Waals surface area contributed by atoms with Crippen LogP contribution in [-0.2, 0) is 18.4 Å². The first kappa shape index (κ1) is 12.3. The highest BCUT2D eigenvalue weighted by atomic mass is 14.9. The Morgan fingerprint density at radius 2 is 2.05 bits per heavy atom. The largest absolute Gasteiger partial charge is 0.320 e. The molecule has 3 heteroatoms. The fraction of sp³-hybridized carbons (Fsp3) is 0.375.